The number of H-pyrrole nitrogens is 1. The Hall–Kier alpha value is -2.77. The number of nitrogens with one attached hydrogen (secondary N) is 1. The van der Waals surface area contributed by atoms with Gasteiger partial charge in [-0.3, -0.25) is 23.4 Å². The number of phosphoric acid groups is 1. The third-order valence-corrected chi connectivity index (χ3v) is 6.63. The fourth-order valence-corrected chi connectivity index (χ4v) is 5.05. The molecular formula is C18H24N5O13P. The quantitative estimate of drug-likeness (QED) is 0.151. The molecule has 2 aliphatic heterocycles. The number of nitrogens with zero attached hydrogens (tertiary/aromatic N) is 3. The number of nitrogens with two attached hydrogens (primary N) is 1. The van der Waals surface area contributed by atoms with Crippen LogP contribution in [-0.2, 0) is 18.6 Å². The molecule has 0 amide bonds. The molecule has 4 heterocycles. The minimum atomic E-state index is -5.34. The van der Waals surface area contributed by atoms with Crippen molar-refractivity contribution in [3.8, 4) is 0 Å². The first-order valence-corrected chi connectivity index (χ1v) is 12.2. The van der Waals surface area contributed by atoms with Crippen LogP contribution in [0.4, 0.5) is 5.82 Å². The molecule has 0 bridgehead atoms. The summed E-state index contributed by atoms with van der Waals surface area (Å²) in [7, 11) is -5.34. The molecule has 9 N–H and O–H groups in total. The van der Waals surface area contributed by atoms with Gasteiger partial charge in [-0.2, -0.15) is 4.98 Å². The molecule has 4 rings (SSSR count). The van der Waals surface area contributed by atoms with Crippen LogP contribution in [0.3, 0.4) is 0 Å². The summed E-state index contributed by atoms with van der Waals surface area (Å²) >= 11 is 0. The van der Waals surface area contributed by atoms with Gasteiger partial charge in [0.05, 0.1) is 12.7 Å². The number of aromatic nitrogens is 4. The molecule has 8 unspecified atom stereocenters. The van der Waals surface area contributed by atoms with Gasteiger partial charge in [-0.15, -0.1) is 0 Å². The van der Waals surface area contributed by atoms with E-state index in [0.29, 0.717) is 4.57 Å². The van der Waals surface area contributed by atoms with Crippen LogP contribution in [0.25, 0.3) is 0 Å². The normalized spacial score (nSPS) is 34.2. The molecule has 2 aromatic rings. The largest absolute Gasteiger partial charge is 0.470 e. The van der Waals surface area contributed by atoms with Gasteiger partial charge in [0.25, 0.3) is 5.56 Å². The highest BCUT2D eigenvalue weighted by Crippen LogP contribution is 2.50. The maximum Gasteiger partial charge on any atom is 0.470 e. The summed E-state index contributed by atoms with van der Waals surface area (Å²) in [6.45, 7) is -1.08. The molecule has 204 valence electrons. The van der Waals surface area contributed by atoms with Crippen LogP contribution in [0.2, 0.25) is 0 Å². The van der Waals surface area contributed by atoms with Gasteiger partial charge >= 0.3 is 19.2 Å². The third-order valence-electron chi connectivity index (χ3n) is 6.13. The Kier molecular flexibility index (Phi) is 7.25. The molecule has 2 fully saturated rings. The summed E-state index contributed by atoms with van der Waals surface area (Å²) in [5.74, 6) is -0.112. The van der Waals surface area contributed by atoms with Gasteiger partial charge in [0.2, 0.25) is 0 Å². The zero-order chi connectivity index (χ0) is 27.3. The molecule has 0 saturated carbocycles. The van der Waals surface area contributed by atoms with Gasteiger partial charge in [-0.05, 0) is 6.07 Å². The number of nitrogen functional groups attached to an aromatic ring is 1. The third kappa shape index (κ3) is 5.16. The first-order chi connectivity index (χ1) is 17.3. The number of aromatic amines is 1. The fourth-order valence-electron chi connectivity index (χ4n) is 4.44. The molecule has 0 aromatic carbocycles. The Balaban J connectivity index is 1.69. The summed E-state index contributed by atoms with van der Waals surface area (Å²) in [5, 5.41) is 42.2. The molecular weight excluding hydrogens is 525 g/mol. The van der Waals surface area contributed by atoms with Crippen LogP contribution in [0.5, 0.6) is 0 Å². The van der Waals surface area contributed by atoms with Crippen molar-refractivity contribution in [2.24, 2.45) is 0 Å². The molecule has 37 heavy (non-hydrogen) atoms. The highest BCUT2D eigenvalue weighted by Gasteiger charge is 2.61. The molecule has 2 saturated heterocycles. The monoisotopic (exact) mass is 549 g/mol. The van der Waals surface area contributed by atoms with E-state index in [1.165, 1.54) is 6.07 Å². The van der Waals surface area contributed by atoms with Gasteiger partial charge < -0.3 is 45.4 Å². The minimum Gasteiger partial charge on any atom is -0.393 e. The number of aliphatic hydroxyl groups is 4. The standard InChI is InChI=1S/C18H24N5O13P/c19-8-1-3-22(16(29)20-8)14-11(27)10(26)7(34-14)5-18(6-24)13(36-37(31,32)33)12(28)15(35-18)23-4-2-9(25)21-17(23)30/h1-4,7,10-15,24,26-28H,5-6H2,(H2,19,20,29)(H,21,25,30)(H2,31,32,33). The Morgan fingerprint density at radius 3 is 2.35 bits per heavy atom. The number of hydrogen-bond donors (Lipinski definition) is 8. The first kappa shape index (κ1) is 27.3. The molecule has 0 aliphatic carbocycles. The molecule has 18 nitrogen and oxygen atoms in total. The van der Waals surface area contributed by atoms with Crippen molar-refractivity contribution in [1.29, 1.82) is 0 Å². The smallest absolute Gasteiger partial charge is 0.393 e. The van der Waals surface area contributed by atoms with E-state index in [1.54, 1.807) is 0 Å². The second kappa shape index (κ2) is 9.84. The highest BCUT2D eigenvalue weighted by atomic mass is 31.2. The highest BCUT2D eigenvalue weighted by molar-refractivity contribution is 7.46. The molecule has 2 aliphatic rings. The average Bonchev–Trinajstić information content (AvgIpc) is 3.22. The zero-order valence-corrected chi connectivity index (χ0v) is 19.6. The van der Waals surface area contributed by atoms with E-state index in [0.717, 1.165) is 23.0 Å². The molecule has 0 spiro atoms. The lowest BCUT2D eigenvalue weighted by Crippen LogP contribution is -2.51. The number of anilines is 1. The van der Waals surface area contributed by atoms with Crippen molar-refractivity contribution in [2.45, 2.75) is 55.0 Å². The van der Waals surface area contributed by atoms with Gasteiger partial charge in [-0.1, -0.05) is 0 Å². The lowest BCUT2D eigenvalue weighted by atomic mass is 9.88. The van der Waals surface area contributed by atoms with E-state index >= 15 is 0 Å². The van der Waals surface area contributed by atoms with Crippen LogP contribution in [0.1, 0.15) is 18.9 Å². The molecule has 8 atom stereocenters. The summed E-state index contributed by atoms with van der Waals surface area (Å²) in [5.41, 5.74) is 0.475. The SMILES string of the molecule is Nc1ccn(C2OC(CC3(CO)OC(n4ccc(=O)[nH]c4=O)C(O)C3OP(=O)(O)O)C(O)C2O)c(=O)n1. The summed E-state index contributed by atoms with van der Waals surface area (Å²) in [4.78, 5) is 60.2. The topological polar surface area (TPSA) is 282 Å². The van der Waals surface area contributed by atoms with E-state index < -0.39 is 86.4 Å². The van der Waals surface area contributed by atoms with Crippen molar-refractivity contribution in [1.82, 2.24) is 19.1 Å². The minimum absolute atomic E-state index is 0.112. The number of ether oxygens (including phenoxy) is 2. The van der Waals surface area contributed by atoms with Crippen molar-refractivity contribution in [3.63, 3.8) is 0 Å². The predicted molar refractivity (Wildman–Crippen MR) is 118 cm³/mol. The Morgan fingerprint density at radius 1 is 1.08 bits per heavy atom. The number of hydrogen-bond acceptors (Lipinski definition) is 13. The molecule has 0 radical (unpaired) electrons. The Morgan fingerprint density at radius 2 is 1.76 bits per heavy atom. The molecule has 19 heteroatoms. The average molecular weight is 549 g/mol. The van der Waals surface area contributed by atoms with Gasteiger partial charge in [-0.25, -0.2) is 14.2 Å². The van der Waals surface area contributed by atoms with Gasteiger partial charge in [0, 0.05) is 24.9 Å². The van der Waals surface area contributed by atoms with E-state index in [-0.39, 0.29) is 5.82 Å². The summed E-state index contributed by atoms with van der Waals surface area (Å²) in [6.07, 6.45) is -10.7. The van der Waals surface area contributed by atoms with Crippen LogP contribution in [0, 0.1) is 0 Å². The number of aliphatic hydroxyl groups excluding tert-OH is 4. The van der Waals surface area contributed by atoms with Crippen molar-refractivity contribution in [3.05, 3.63) is 55.8 Å². The summed E-state index contributed by atoms with van der Waals surface area (Å²) < 4.78 is 29.3. The lowest BCUT2D eigenvalue weighted by Gasteiger charge is -2.35. The van der Waals surface area contributed by atoms with Crippen molar-refractivity contribution in [2.75, 3.05) is 12.3 Å². The van der Waals surface area contributed by atoms with Crippen molar-refractivity contribution < 1.29 is 48.8 Å². The van der Waals surface area contributed by atoms with E-state index in [2.05, 4.69) is 4.98 Å². The fraction of sp³-hybridized carbons (Fsp3) is 0.556. The molecule has 2 aromatic heterocycles. The Bertz CT molecular complexity index is 1370. The van der Waals surface area contributed by atoms with E-state index in [1.807, 2.05) is 4.98 Å². The maximum atomic E-state index is 12.3. The zero-order valence-electron chi connectivity index (χ0n) is 18.7. The second-order valence-corrected chi connectivity index (χ2v) is 9.74. The Labute approximate surface area is 205 Å². The lowest BCUT2D eigenvalue weighted by molar-refractivity contribution is -0.157. The van der Waals surface area contributed by atoms with Gasteiger partial charge in [0.15, 0.2) is 12.5 Å². The maximum absolute atomic E-state index is 12.3. The van der Waals surface area contributed by atoms with E-state index in [9.17, 15) is 49.2 Å². The van der Waals surface area contributed by atoms with Crippen LogP contribution < -0.4 is 22.7 Å². The van der Waals surface area contributed by atoms with Crippen LogP contribution in [-0.4, -0.2) is 92.0 Å². The number of rotatable bonds is 7. The van der Waals surface area contributed by atoms with Crippen molar-refractivity contribution >= 4 is 13.6 Å². The van der Waals surface area contributed by atoms with Gasteiger partial charge in [0.1, 0.15) is 35.8 Å². The summed E-state index contributed by atoms with van der Waals surface area (Å²) in [6, 6.07) is 2.15. The van der Waals surface area contributed by atoms with Crippen LogP contribution in [0.15, 0.2) is 38.9 Å². The number of phosphoric ester groups is 1. The first-order valence-electron chi connectivity index (χ1n) is 10.6. The second-order valence-electron chi connectivity index (χ2n) is 8.55. The van der Waals surface area contributed by atoms with Crippen LogP contribution >= 0.6 is 7.82 Å². The predicted octanol–water partition coefficient (Wildman–Crippen LogP) is -4.52. The van der Waals surface area contributed by atoms with E-state index in [4.69, 9.17) is 19.7 Å².